The SMILES string of the molecule is O=C(c1ccc(F)cc1-c1ncccn1)N1C[C@@H]2C[C@@H](Nc3ncc(Cl)cn3)[C@@H]1C2. The first-order chi connectivity index (χ1) is 14.6. The highest BCUT2D eigenvalue weighted by atomic mass is 35.5. The van der Waals surface area contributed by atoms with E-state index in [9.17, 15) is 9.18 Å². The number of likely N-dealkylation sites (tertiary alicyclic amines) is 1. The van der Waals surface area contributed by atoms with Crippen molar-refractivity contribution in [1.29, 1.82) is 0 Å². The lowest BCUT2D eigenvalue weighted by molar-refractivity contribution is 0.0692. The molecule has 2 aromatic heterocycles. The minimum absolute atomic E-state index is 0.0105. The highest BCUT2D eigenvalue weighted by molar-refractivity contribution is 6.30. The van der Waals surface area contributed by atoms with E-state index in [0.29, 0.717) is 40.4 Å². The standard InChI is InChI=1S/C21H18ClFN6O/c22-13-9-26-21(27-10-13)28-17-6-12-7-18(17)29(11-12)20(30)15-3-2-14(23)8-16(15)19-24-4-1-5-25-19/h1-5,8-10,12,17-18H,6-7,11H2,(H,26,27,28)/t12-,17-,18+/m1/s1. The number of hydrogen-bond donors (Lipinski definition) is 1. The van der Waals surface area contributed by atoms with Gasteiger partial charge in [0.05, 0.1) is 29.0 Å². The van der Waals surface area contributed by atoms with Crippen LogP contribution in [0, 0.1) is 11.7 Å². The molecule has 3 aromatic rings. The molecule has 1 saturated heterocycles. The van der Waals surface area contributed by atoms with Crippen molar-refractivity contribution in [2.24, 2.45) is 5.92 Å². The van der Waals surface area contributed by atoms with Crippen LogP contribution in [0.3, 0.4) is 0 Å². The lowest BCUT2D eigenvalue weighted by Crippen LogP contribution is -2.48. The molecule has 2 aliphatic rings. The van der Waals surface area contributed by atoms with Crippen molar-refractivity contribution < 1.29 is 9.18 Å². The minimum atomic E-state index is -0.434. The van der Waals surface area contributed by atoms with Gasteiger partial charge in [-0.2, -0.15) is 0 Å². The number of nitrogens with one attached hydrogen (secondary N) is 1. The fourth-order valence-corrected chi connectivity index (χ4v) is 4.55. The zero-order valence-electron chi connectivity index (χ0n) is 15.9. The van der Waals surface area contributed by atoms with Gasteiger partial charge in [-0.15, -0.1) is 0 Å². The Morgan fingerprint density at radius 3 is 2.63 bits per heavy atom. The van der Waals surface area contributed by atoms with E-state index in [1.54, 1.807) is 18.5 Å². The van der Waals surface area contributed by atoms with Gasteiger partial charge in [-0.3, -0.25) is 4.79 Å². The number of anilines is 1. The van der Waals surface area contributed by atoms with Crippen molar-refractivity contribution >= 4 is 23.5 Å². The van der Waals surface area contributed by atoms with Crippen LogP contribution in [0.4, 0.5) is 10.3 Å². The van der Waals surface area contributed by atoms with Gasteiger partial charge < -0.3 is 10.2 Å². The van der Waals surface area contributed by atoms with Crippen LogP contribution < -0.4 is 5.32 Å². The molecule has 0 unspecified atom stereocenters. The molecule has 152 valence electrons. The maximum atomic E-state index is 13.9. The molecular formula is C21H18ClFN6O. The van der Waals surface area contributed by atoms with Gasteiger partial charge in [0.1, 0.15) is 5.82 Å². The van der Waals surface area contributed by atoms with Crippen molar-refractivity contribution in [3.8, 4) is 11.4 Å². The summed E-state index contributed by atoms with van der Waals surface area (Å²) in [6, 6.07) is 5.86. The summed E-state index contributed by atoms with van der Waals surface area (Å²) >= 11 is 5.86. The Hall–Kier alpha value is -3.13. The van der Waals surface area contributed by atoms with Crippen molar-refractivity contribution in [1.82, 2.24) is 24.8 Å². The van der Waals surface area contributed by atoms with E-state index in [1.807, 2.05) is 4.90 Å². The third-order valence-electron chi connectivity index (χ3n) is 5.70. The molecule has 0 radical (unpaired) electrons. The highest BCUT2D eigenvalue weighted by Crippen LogP contribution is 2.40. The second kappa shape index (κ2) is 7.60. The number of carbonyl (C=O) groups is 1. The van der Waals surface area contributed by atoms with Crippen molar-refractivity contribution in [3.05, 3.63) is 65.5 Å². The lowest BCUT2D eigenvalue weighted by Gasteiger charge is -2.34. The first kappa shape index (κ1) is 18.9. The van der Waals surface area contributed by atoms with E-state index < -0.39 is 5.82 Å². The maximum absolute atomic E-state index is 13.9. The van der Waals surface area contributed by atoms with Gasteiger partial charge in [-0.1, -0.05) is 11.6 Å². The zero-order chi connectivity index (χ0) is 20.7. The summed E-state index contributed by atoms with van der Waals surface area (Å²) in [7, 11) is 0. The van der Waals surface area contributed by atoms with E-state index >= 15 is 0 Å². The molecule has 1 aliphatic heterocycles. The Balaban J connectivity index is 1.41. The molecule has 2 fully saturated rings. The van der Waals surface area contributed by atoms with E-state index in [2.05, 4.69) is 25.3 Å². The van der Waals surface area contributed by atoms with E-state index in [1.165, 1.54) is 30.6 Å². The number of benzene rings is 1. The van der Waals surface area contributed by atoms with Gasteiger partial charge in [-0.25, -0.2) is 24.3 Å². The van der Waals surface area contributed by atoms with Crippen LogP contribution in [-0.4, -0.2) is 49.4 Å². The van der Waals surface area contributed by atoms with E-state index in [-0.39, 0.29) is 18.0 Å². The Labute approximate surface area is 177 Å². The largest absolute Gasteiger partial charge is 0.349 e. The molecule has 1 N–H and O–H groups in total. The smallest absolute Gasteiger partial charge is 0.254 e. The number of aromatic nitrogens is 4. The van der Waals surface area contributed by atoms with Crippen LogP contribution in [0.2, 0.25) is 5.02 Å². The van der Waals surface area contributed by atoms with Crippen molar-refractivity contribution in [2.75, 3.05) is 11.9 Å². The maximum Gasteiger partial charge on any atom is 0.254 e. The Morgan fingerprint density at radius 2 is 1.90 bits per heavy atom. The number of halogens is 2. The number of fused-ring (bicyclic) bond motifs is 2. The van der Waals surface area contributed by atoms with Gasteiger partial charge in [0.25, 0.3) is 5.91 Å². The molecular weight excluding hydrogens is 407 g/mol. The Morgan fingerprint density at radius 1 is 1.13 bits per heavy atom. The fourth-order valence-electron chi connectivity index (χ4n) is 4.45. The molecule has 1 amide bonds. The molecule has 30 heavy (non-hydrogen) atoms. The zero-order valence-corrected chi connectivity index (χ0v) is 16.6. The van der Waals surface area contributed by atoms with Crippen LogP contribution in [-0.2, 0) is 0 Å². The third kappa shape index (κ3) is 3.47. The molecule has 3 atom stereocenters. The third-order valence-corrected chi connectivity index (χ3v) is 5.89. The number of nitrogens with zero attached hydrogens (tertiary/aromatic N) is 5. The van der Waals surface area contributed by atoms with Crippen LogP contribution in [0.15, 0.2) is 49.1 Å². The second-order valence-electron chi connectivity index (χ2n) is 7.60. The average molecular weight is 425 g/mol. The second-order valence-corrected chi connectivity index (χ2v) is 8.04. The van der Waals surface area contributed by atoms with Crippen LogP contribution in [0.25, 0.3) is 11.4 Å². The molecule has 3 heterocycles. The molecule has 5 rings (SSSR count). The van der Waals surface area contributed by atoms with E-state index in [4.69, 9.17) is 11.6 Å². The number of hydrogen-bond acceptors (Lipinski definition) is 6. The summed E-state index contributed by atoms with van der Waals surface area (Å²) in [5.41, 5.74) is 0.797. The summed E-state index contributed by atoms with van der Waals surface area (Å²) in [6.07, 6.45) is 8.08. The van der Waals surface area contributed by atoms with E-state index in [0.717, 1.165) is 12.8 Å². The van der Waals surface area contributed by atoms with Gasteiger partial charge in [0.2, 0.25) is 5.95 Å². The normalized spacial score (nSPS) is 22.3. The minimum Gasteiger partial charge on any atom is -0.349 e. The molecule has 1 aliphatic carbocycles. The summed E-state index contributed by atoms with van der Waals surface area (Å²) in [5.74, 6) is 0.643. The predicted octanol–water partition coefficient (Wildman–Crippen LogP) is 3.44. The van der Waals surface area contributed by atoms with Gasteiger partial charge in [-0.05, 0) is 43.0 Å². The Kier molecular flexibility index (Phi) is 4.78. The first-order valence-corrected chi connectivity index (χ1v) is 10.1. The van der Waals surface area contributed by atoms with Crippen molar-refractivity contribution in [3.63, 3.8) is 0 Å². The number of rotatable bonds is 4. The average Bonchev–Trinajstić information content (AvgIpc) is 3.36. The highest BCUT2D eigenvalue weighted by Gasteiger charge is 2.47. The van der Waals surface area contributed by atoms with Crippen LogP contribution in [0.1, 0.15) is 23.2 Å². The molecule has 7 nitrogen and oxygen atoms in total. The molecule has 9 heteroatoms. The lowest BCUT2D eigenvalue weighted by atomic mass is 10.0. The van der Waals surface area contributed by atoms with Crippen molar-refractivity contribution in [2.45, 2.75) is 24.9 Å². The quantitative estimate of drug-likeness (QED) is 0.690. The predicted molar refractivity (Wildman–Crippen MR) is 109 cm³/mol. The van der Waals surface area contributed by atoms with Crippen LogP contribution >= 0.6 is 11.6 Å². The molecule has 1 aromatic carbocycles. The van der Waals surface area contributed by atoms with Gasteiger partial charge in [0.15, 0.2) is 5.82 Å². The molecule has 0 spiro atoms. The van der Waals surface area contributed by atoms with Gasteiger partial charge in [0, 0.05) is 30.5 Å². The monoisotopic (exact) mass is 424 g/mol. The van der Waals surface area contributed by atoms with Crippen LogP contribution in [0.5, 0.6) is 0 Å². The topological polar surface area (TPSA) is 83.9 Å². The first-order valence-electron chi connectivity index (χ1n) is 9.70. The summed E-state index contributed by atoms with van der Waals surface area (Å²) in [4.78, 5) is 32.1. The summed E-state index contributed by atoms with van der Waals surface area (Å²) in [6.45, 7) is 0.676. The number of piperidine rings is 1. The molecule has 2 bridgehead atoms. The summed E-state index contributed by atoms with van der Waals surface area (Å²) in [5, 5.41) is 3.80. The van der Waals surface area contributed by atoms with Gasteiger partial charge >= 0.3 is 0 Å². The number of amides is 1. The molecule has 1 saturated carbocycles. The Bertz CT molecular complexity index is 1080. The fraction of sp³-hybridized carbons (Fsp3) is 0.286. The summed E-state index contributed by atoms with van der Waals surface area (Å²) < 4.78 is 13.9. The number of carbonyl (C=O) groups excluding carboxylic acids is 1.